The van der Waals surface area contributed by atoms with E-state index in [4.69, 9.17) is 0 Å². The summed E-state index contributed by atoms with van der Waals surface area (Å²) in [6, 6.07) is 10.5. The fourth-order valence-corrected chi connectivity index (χ4v) is 1.94. The van der Waals surface area contributed by atoms with Gasteiger partial charge in [-0.15, -0.1) is 0 Å². The molecule has 0 bridgehead atoms. The summed E-state index contributed by atoms with van der Waals surface area (Å²) in [7, 11) is 2.16. The predicted octanol–water partition coefficient (Wildman–Crippen LogP) is 2.76. The molecule has 0 spiro atoms. The summed E-state index contributed by atoms with van der Waals surface area (Å²) in [5.74, 6) is 0. The summed E-state index contributed by atoms with van der Waals surface area (Å²) in [5, 5.41) is 3.42. The molecule has 0 radical (unpaired) electrons. The van der Waals surface area contributed by atoms with Crippen LogP contribution in [0.15, 0.2) is 30.3 Å². The van der Waals surface area contributed by atoms with Crippen molar-refractivity contribution in [3.63, 3.8) is 0 Å². The van der Waals surface area contributed by atoms with Gasteiger partial charge in [0.05, 0.1) is 0 Å². The van der Waals surface area contributed by atoms with Crippen molar-refractivity contribution in [2.24, 2.45) is 5.41 Å². The minimum absolute atomic E-state index is 0.292. The quantitative estimate of drug-likeness (QED) is 0.793. The highest BCUT2D eigenvalue weighted by molar-refractivity contribution is 5.45. The van der Waals surface area contributed by atoms with Crippen LogP contribution in [0.5, 0.6) is 0 Å². The van der Waals surface area contributed by atoms with Gasteiger partial charge in [-0.25, -0.2) is 0 Å². The third-order valence-electron chi connectivity index (χ3n) is 2.72. The monoisotopic (exact) mass is 220 g/mol. The van der Waals surface area contributed by atoms with Crippen LogP contribution >= 0.6 is 0 Å². The van der Waals surface area contributed by atoms with Gasteiger partial charge in [-0.05, 0) is 24.1 Å². The molecule has 0 saturated carbocycles. The molecule has 0 atom stereocenters. The minimum Gasteiger partial charge on any atom is -0.374 e. The van der Waals surface area contributed by atoms with Gasteiger partial charge in [0.1, 0.15) is 0 Å². The van der Waals surface area contributed by atoms with E-state index in [1.54, 1.807) is 0 Å². The summed E-state index contributed by atoms with van der Waals surface area (Å²) < 4.78 is 0. The molecule has 0 unspecified atom stereocenters. The van der Waals surface area contributed by atoms with E-state index in [0.717, 1.165) is 19.6 Å². The van der Waals surface area contributed by atoms with Crippen LogP contribution in [0.3, 0.4) is 0 Å². The maximum absolute atomic E-state index is 3.42. The number of nitrogens with one attached hydrogen (secondary N) is 1. The SMILES string of the molecule is CCNCC(C)(C)CN(C)c1ccccc1. The molecule has 2 nitrogen and oxygen atoms in total. The van der Waals surface area contributed by atoms with Crippen molar-refractivity contribution in [3.05, 3.63) is 30.3 Å². The lowest BCUT2D eigenvalue weighted by Gasteiger charge is -2.31. The maximum atomic E-state index is 3.42. The second-order valence-electron chi connectivity index (χ2n) is 5.14. The van der Waals surface area contributed by atoms with Crippen molar-refractivity contribution in [2.75, 3.05) is 31.6 Å². The normalized spacial score (nSPS) is 11.5. The Bertz CT molecular complexity index is 293. The molecule has 0 aliphatic carbocycles. The standard InChI is InChI=1S/C14H24N2/c1-5-15-11-14(2,3)12-16(4)13-9-7-6-8-10-13/h6-10,15H,5,11-12H2,1-4H3. The van der Waals surface area contributed by atoms with E-state index in [2.05, 4.69) is 68.4 Å². The Morgan fingerprint density at radius 3 is 2.38 bits per heavy atom. The molecule has 2 heteroatoms. The highest BCUT2D eigenvalue weighted by Gasteiger charge is 2.19. The molecule has 0 aliphatic heterocycles. The number of para-hydroxylation sites is 1. The highest BCUT2D eigenvalue weighted by atomic mass is 15.1. The Morgan fingerprint density at radius 1 is 1.19 bits per heavy atom. The molecule has 0 saturated heterocycles. The Balaban J connectivity index is 2.53. The molecule has 0 amide bonds. The lowest BCUT2D eigenvalue weighted by molar-refractivity contribution is 0.350. The van der Waals surface area contributed by atoms with Crippen LogP contribution in [-0.4, -0.2) is 26.7 Å². The third kappa shape index (κ3) is 4.23. The molecule has 90 valence electrons. The average molecular weight is 220 g/mol. The van der Waals surface area contributed by atoms with Crippen molar-refractivity contribution in [1.82, 2.24) is 5.32 Å². The number of hydrogen-bond donors (Lipinski definition) is 1. The zero-order valence-corrected chi connectivity index (χ0v) is 11.0. The lowest BCUT2D eigenvalue weighted by Crippen LogP contribution is -2.39. The van der Waals surface area contributed by atoms with Gasteiger partial charge in [0.25, 0.3) is 0 Å². The van der Waals surface area contributed by atoms with Crippen LogP contribution in [0.1, 0.15) is 20.8 Å². The minimum atomic E-state index is 0.292. The van der Waals surface area contributed by atoms with Crippen molar-refractivity contribution < 1.29 is 0 Å². The highest BCUT2D eigenvalue weighted by Crippen LogP contribution is 2.19. The summed E-state index contributed by atoms with van der Waals surface area (Å²) in [4.78, 5) is 2.32. The van der Waals surface area contributed by atoms with E-state index in [1.807, 2.05) is 0 Å². The van der Waals surface area contributed by atoms with Gasteiger partial charge in [0.2, 0.25) is 0 Å². The first-order chi connectivity index (χ1) is 7.55. The first kappa shape index (κ1) is 13.0. The molecule has 0 aliphatic rings. The summed E-state index contributed by atoms with van der Waals surface area (Å²) in [6.07, 6.45) is 0. The molecule has 1 rings (SSSR count). The predicted molar refractivity (Wildman–Crippen MR) is 72.0 cm³/mol. The van der Waals surface area contributed by atoms with Gasteiger partial charge >= 0.3 is 0 Å². The molecule has 0 aromatic heterocycles. The first-order valence-electron chi connectivity index (χ1n) is 6.02. The zero-order chi connectivity index (χ0) is 12.0. The van der Waals surface area contributed by atoms with E-state index < -0.39 is 0 Å². The van der Waals surface area contributed by atoms with Gasteiger partial charge in [0, 0.05) is 25.8 Å². The van der Waals surface area contributed by atoms with Crippen LogP contribution in [0.2, 0.25) is 0 Å². The number of benzene rings is 1. The second kappa shape index (κ2) is 5.90. The van der Waals surface area contributed by atoms with Crippen molar-refractivity contribution in [3.8, 4) is 0 Å². The van der Waals surface area contributed by atoms with Crippen molar-refractivity contribution >= 4 is 5.69 Å². The molecule has 1 aromatic carbocycles. The summed E-state index contributed by atoms with van der Waals surface area (Å²) >= 11 is 0. The molecular weight excluding hydrogens is 196 g/mol. The number of hydrogen-bond acceptors (Lipinski definition) is 2. The summed E-state index contributed by atoms with van der Waals surface area (Å²) in [5.41, 5.74) is 1.58. The molecule has 16 heavy (non-hydrogen) atoms. The Hall–Kier alpha value is -1.02. The van der Waals surface area contributed by atoms with Crippen molar-refractivity contribution in [1.29, 1.82) is 0 Å². The Morgan fingerprint density at radius 2 is 1.81 bits per heavy atom. The van der Waals surface area contributed by atoms with Gasteiger partial charge < -0.3 is 10.2 Å². The van der Waals surface area contributed by atoms with Crippen LogP contribution < -0.4 is 10.2 Å². The van der Waals surface area contributed by atoms with E-state index in [1.165, 1.54) is 5.69 Å². The Labute approximate surface area is 99.7 Å². The number of anilines is 1. The lowest BCUT2D eigenvalue weighted by atomic mass is 9.92. The fourth-order valence-electron chi connectivity index (χ4n) is 1.94. The van der Waals surface area contributed by atoms with E-state index >= 15 is 0 Å². The van der Waals surface area contributed by atoms with E-state index in [-0.39, 0.29) is 0 Å². The van der Waals surface area contributed by atoms with Crippen LogP contribution in [0.4, 0.5) is 5.69 Å². The number of nitrogens with zero attached hydrogens (tertiary/aromatic N) is 1. The first-order valence-corrected chi connectivity index (χ1v) is 6.02. The zero-order valence-electron chi connectivity index (χ0n) is 11.0. The summed E-state index contributed by atoms with van der Waals surface area (Å²) in [6.45, 7) is 9.91. The van der Waals surface area contributed by atoms with E-state index in [0.29, 0.717) is 5.41 Å². The second-order valence-corrected chi connectivity index (χ2v) is 5.14. The van der Waals surface area contributed by atoms with Gasteiger partial charge in [-0.1, -0.05) is 39.0 Å². The largest absolute Gasteiger partial charge is 0.374 e. The van der Waals surface area contributed by atoms with Crippen LogP contribution in [-0.2, 0) is 0 Å². The van der Waals surface area contributed by atoms with Gasteiger partial charge in [-0.3, -0.25) is 0 Å². The molecule has 0 heterocycles. The molecule has 1 N–H and O–H groups in total. The van der Waals surface area contributed by atoms with Crippen LogP contribution in [0.25, 0.3) is 0 Å². The topological polar surface area (TPSA) is 15.3 Å². The average Bonchev–Trinajstić information content (AvgIpc) is 2.27. The number of rotatable bonds is 6. The van der Waals surface area contributed by atoms with Gasteiger partial charge in [0.15, 0.2) is 0 Å². The smallest absolute Gasteiger partial charge is 0.0363 e. The van der Waals surface area contributed by atoms with E-state index in [9.17, 15) is 0 Å². The Kier molecular flexibility index (Phi) is 4.81. The fraction of sp³-hybridized carbons (Fsp3) is 0.571. The molecule has 0 fully saturated rings. The van der Waals surface area contributed by atoms with Crippen molar-refractivity contribution in [2.45, 2.75) is 20.8 Å². The maximum Gasteiger partial charge on any atom is 0.0363 e. The molecule has 1 aromatic rings. The molecular formula is C14H24N2. The van der Waals surface area contributed by atoms with Gasteiger partial charge in [-0.2, -0.15) is 0 Å². The third-order valence-corrected chi connectivity index (χ3v) is 2.72. The van der Waals surface area contributed by atoms with Crippen LogP contribution in [0, 0.1) is 5.41 Å².